The summed E-state index contributed by atoms with van der Waals surface area (Å²) in [5.41, 5.74) is 3.77. The lowest BCUT2D eigenvalue weighted by Gasteiger charge is -2.27. The first-order valence-electron chi connectivity index (χ1n) is 10.7. The Hall–Kier alpha value is -2.48. The molecule has 3 aromatic rings. The molecule has 2 aromatic carbocycles. The third-order valence-electron chi connectivity index (χ3n) is 5.65. The highest BCUT2D eigenvalue weighted by Gasteiger charge is 2.23. The van der Waals surface area contributed by atoms with Crippen molar-refractivity contribution in [2.45, 2.75) is 20.3 Å². The number of carbonyl (C=O) groups is 1. The van der Waals surface area contributed by atoms with Gasteiger partial charge in [-0.2, -0.15) is 0 Å². The molecule has 31 heavy (non-hydrogen) atoms. The fourth-order valence-corrected chi connectivity index (χ4v) is 4.87. The van der Waals surface area contributed by atoms with Crippen LogP contribution in [0.25, 0.3) is 10.2 Å². The summed E-state index contributed by atoms with van der Waals surface area (Å²) in [7, 11) is 1.65. The third kappa shape index (κ3) is 4.89. The molecular weight excluding hydrogens is 410 g/mol. The largest absolute Gasteiger partial charge is 0.494 e. The highest BCUT2D eigenvalue weighted by molar-refractivity contribution is 7.22. The summed E-state index contributed by atoms with van der Waals surface area (Å²) >= 11 is 1.55. The molecule has 4 rings (SSSR count). The molecule has 1 aliphatic heterocycles. The zero-order valence-electron chi connectivity index (χ0n) is 18.4. The number of fused-ring (bicyclic) bond motifs is 1. The van der Waals surface area contributed by atoms with Gasteiger partial charge in [0.05, 0.1) is 25.0 Å². The summed E-state index contributed by atoms with van der Waals surface area (Å²) in [6.07, 6.45) is 0.879. The van der Waals surface area contributed by atoms with Gasteiger partial charge in [-0.25, -0.2) is 4.98 Å². The Morgan fingerprint density at radius 3 is 2.61 bits per heavy atom. The van der Waals surface area contributed by atoms with E-state index in [1.165, 1.54) is 0 Å². The van der Waals surface area contributed by atoms with Crippen LogP contribution in [0.1, 0.15) is 27.9 Å². The summed E-state index contributed by atoms with van der Waals surface area (Å²) in [5.74, 6) is 0.719. The van der Waals surface area contributed by atoms with Gasteiger partial charge < -0.3 is 9.47 Å². The second-order valence-corrected chi connectivity index (χ2v) is 8.87. The quantitative estimate of drug-likeness (QED) is 0.550. The number of aryl methyl sites for hydroxylation is 2. The number of methoxy groups -OCH3 is 1. The van der Waals surface area contributed by atoms with Gasteiger partial charge in [0, 0.05) is 31.7 Å². The van der Waals surface area contributed by atoms with Crippen LogP contribution in [0.3, 0.4) is 0 Å². The number of morpholine rings is 1. The zero-order valence-corrected chi connectivity index (χ0v) is 19.2. The molecular formula is C24H29N3O3S. The van der Waals surface area contributed by atoms with Crippen LogP contribution in [0.4, 0.5) is 5.13 Å². The lowest BCUT2D eigenvalue weighted by Crippen LogP contribution is -2.39. The third-order valence-corrected chi connectivity index (χ3v) is 6.86. The van der Waals surface area contributed by atoms with Crippen molar-refractivity contribution in [3.8, 4) is 5.75 Å². The van der Waals surface area contributed by atoms with Crippen molar-refractivity contribution in [3.63, 3.8) is 0 Å². The van der Waals surface area contributed by atoms with Crippen LogP contribution in [0.5, 0.6) is 5.75 Å². The topological polar surface area (TPSA) is 54.9 Å². The average molecular weight is 440 g/mol. The number of anilines is 1. The van der Waals surface area contributed by atoms with Gasteiger partial charge in [0.15, 0.2) is 5.13 Å². The Labute approximate surface area is 187 Å². The molecule has 6 nitrogen and oxygen atoms in total. The maximum absolute atomic E-state index is 13.5. The molecule has 0 aliphatic carbocycles. The minimum Gasteiger partial charge on any atom is -0.494 e. The molecule has 2 heterocycles. The number of ether oxygens (including phenoxy) is 2. The fraction of sp³-hybridized carbons (Fsp3) is 0.417. The average Bonchev–Trinajstić information content (AvgIpc) is 3.24. The Bertz CT molecular complexity index is 1040. The second-order valence-electron chi connectivity index (χ2n) is 7.89. The lowest BCUT2D eigenvalue weighted by molar-refractivity contribution is 0.0376. The van der Waals surface area contributed by atoms with Crippen LogP contribution in [0.15, 0.2) is 36.4 Å². The molecule has 164 valence electrons. The van der Waals surface area contributed by atoms with Crippen molar-refractivity contribution < 1.29 is 14.3 Å². The van der Waals surface area contributed by atoms with Gasteiger partial charge in [-0.3, -0.25) is 14.6 Å². The molecule has 1 saturated heterocycles. The van der Waals surface area contributed by atoms with Gasteiger partial charge in [0.2, 0.25) is 0 Å². The predicted octanol–water partition coefficient (Wildman–Crippen LogP) is 4.29. The lowest BCUT2D eigenvalue weighted by atomic mass is 10.1. The summed E-state index contributed by atoms with van der Waals surface area (Å²) in [6.45, 7) is 9.10. The predicted molar refractivity (Wildman–Crippen MR) is 126 cm³/mol. The second kappa shape index (κ2) is 9.77. The highest BCUT2D eigenvalue weighted by Crippen LogP contribution is 2.37. The molecule has 0 unspecified atom stereocenters. The Morgan fingerprint density at radius 2 is 1.90 bits per heavy atom. The van der Waals surface area contributed by atoms with Gasteiger partial charge in [-0.15, -0.1) is 0 Å². The van der Waals surface area contributed by atoms with Gasteiger partial charge in [0.1, 0.15) is 11.3 Å². The van der Waals surface area contributed by atoms with E-state index in [1.54, 1.807) is 18.4 Å². The first-order valence-corrected chi connectivity index (χ1v) is 11.5. The van der Waals surface area contributed by atoms with E-state index in [2.05, 4.69) is 11.8 Å². The molecule has 0 bridgehead atoms. The van der Waals surface area contributed by atoms with Crippen molar-refractivity contribution in [2.75, 3.05) is 51.4 Å². The number of thiazole rings is 1. The normalized spacial score (nSPS) is 14.7. The minimum absolute atomic E-state index is 0.0161. The summed E-state index contributed by atoms with van der Waals surface area (Å²) < 4.78 is 12.0. The number of rotatable bonds is 7. The van der Waals surface area contributed by atoms with Gasteiger partial charge in [0.25, 0.3) is 5.91 Å². The summed E-state index contributed by atoms with van der Waals surface area (Å²) in [6, 6.07) is 11.7. The smallest absolute Gasteiger partial charge is 0.260 e. The molecule has 1 fully saturated rings. The van der Waals surface area contributed by atoms with Crippen LogP contribution < -0.4 is 9.64 Å². The highest BCUT2D eigenvalue weighted by atomic mass is 32.1. The van der Waals surface area contributed by atoms with Gasteiger partial charge >= 0.3 is 0 Å². The maximum Gasteiger partial charge on any atom is 0.260 e. The van der Waals surface area contributed by atoms with Crippen molar-refractivity contribution >= 4 is 32.6 Å². The number of nitrogens with zero attached hydrogens (tertiary/aromatic N) is 3. The number of hydrogen-bond donors (Lipinski definition) is 0. The molecule has 0 atom stereocenters. The van der Waals surface area contributed by atoms with Crippen LogP contribution in [0.2, 0.25) is 0 Å². The van der Waals surface area contributed by atoms with Crippen LogP contribution in [-0.4, -0.2) is 62.3 Å². The number of aromatic nitrogens is 1. The fourth-order valence-electron chi connectivity index (χ4n) is 3.79. The molecule has 1 aliphatic rings. The zero-order chi connectivity index (χ0) is 21.8. The molecule has 0 N–H and O–H groups in total. The van der Waals surface area contributed by atoms with Crippen LogP contribution in [-0.2, 0) is 4.74 Å². The number of amides is 1. The standard InChI is InChI=1S/C24H29N3O3S/c1-17-5-8-19(9-6-17)23(28)27(12-4-11-26-13-15-30-16-14-26)24-25-21-20(29-3)10-7-18(2)22(21)31-24/h5-10H,4,11-16H2,1-3H3. The molecule has 0 spiro atoms. The first-order chi connectivity index (χ1) is 15.1. The van der Waals surface area contributed by atoms with E-state index in [0.29, 0.717) is 12.1 Å². The van der Waals surface area contributed by atoms with Crippen LogP contribution >= 0.6 is 11.3 Å². The molecule has 0 saturated carbocycles. The van der Waals surface area contributed by atoms with Crippen molar-refractivity contribution in [1.82, 2.24) is 9.88 Å². The molecule has 1 amide bonds. The van der Waals surface area contributed by atoms with Gasteiger partial charge in [-0.1, -0.05) is 35.1 Å². The monoisotopic (exact) mass is 439 g/mol. The summed E-state index contributed by atoms with van der Waals surface area (Å²) in [5, 5.41) is 0.718. The van der Waals surface area contributed by atoms with E-state index in [-0.39, 0.29) is 5.91 Å². The van der Waals surface area contributed by atoms with Crippen molar-refractivity contribution in [1.29, 1.82) is 0 Å². The van der Waals surface area contributed by atoms with E-state index < -0.39 is 0 Å². The maximum atomic E-state index is 13.5. The Balaban J connectivity index is 1.62. The van der Waals surface area contributed by atoms with E-state index in [4.69, 9.17) is 14.5 Å². The first kappa shape index (κ1) is 21.7. The Kier molecular flexibility index (Phi) is 6.85. The van der Waals surface area contributed by atoms with E-state index in [0.717, 1.165) is 71.5 Å². The number of carbonyl (C=O) groups excluding carboxylic acids is 1. The van der Waals surface area contributed by atoms with E-state index >= 15 is 0 Å². The summed E-state index contributed by atoms with van der Waals surface area (Å²) in [4.78, 5) is 22.5. The van der Waals surface area contributed by atoms with Crippen molar-refractivity contribution in [2.24, 2.45) is 0 Å². The van der Waals surface area contributed by atoms with E-state index in [9.17, 15) is 4.79 Å². The minimum atomic E-state index is -0.0161. The van der Waals surface area contributed by atoms with Gasteiger partial charge in [-0.05, 0) is 44.0 Å². The number of benzene rings is 2. The van der Waals surface area contributed by atoms with Crippen molar-refractivity contribution in [3.05, 3.63) is 53.1 Å². The molecule has 0 radical (unpaired) electrons. The molecule has 7 heteroatoms. The number of hydrogen-bond acceptors (Lipinski definition) is 6. The Morgan fingerprint density at radius 1 is 1.16 bits per heavy atom. The van der Waals surface area contributed by atoms with Crippen LogP contribution in [0, 0.1) is 13.8 Å². The van der Waals surface area contributed by atoms with E-state index in [1.807, 2.05) is 48.2 Å². The SMILES string of the molecule is COc1ccc(C)c2sc(N(CCCN3CCOCC3)C(=O)c3ccc(C)cc3)nc12. The molecule has 1 aromatic heterocycles.